The third-order valence-corrected chi connectivity index (χ3v) is 2.64. The summed E-state index contributed by atoms with van der Waals surface area (Å²) in [6.07, 6.45) is -1.05. The number of likely N-dealkylation sites (tertiary alicyclic amines) is 1. The van der Waals surface area contributed by atoms with Gasteiger partial charge in [0.05, 0.1) is 6.10 Å². The molecule has 2 atom stereocenters. The van der Waals surface area contributed by atoms with E-state index in [1.165, 1.54) is 4.90 Å². The van der Waals surface area contributed by atoms with Crippen molar-refractivity contribution in [1.82, 2.24) is 4.90 Å². The van der Waals surface area contributed by atoms with Crippen LogP contribution in [0.25, 0.3) is 0 Å². The highest BCUT2D eigenvalue weighted by molar-refractivity contribution is 5.81. The molecule has 0 spiro atoms. The molecule has 0 aromatic rings. The largest absolute Gasteiger partial charge is 0.389 e. The Balaban J connectivity index is 2.50. The van der Waals surface area contributed by atoms with Gasteiger partial charge in [0.2, 0.25) is 6.17 Å². The summed E-state index contributed by atoms with van der Waals surface area (Å²) < 4.78 is 13.5. The van der Waals surface area contributed by atoms with Gasteiger partial charge < -0.3 is 10.0 Å². The Hall–Kier alpha value is -0.640. The lowest BCUT2D eigenvalue weighted by Gasteiger charge is -2.23. The lowest BCUT2D eigenvalue weighted by Crippen LogP contribution is -2.43. The van der Waals surface area contributed by atoms with E-state index in [2.05, 4.69) is 0 Å². The van der Waals surface area contributed by atoms with Crippen LogP contribution in [0.5, 0.6) is 0 Å². The van der Waals surface area contributed by atoms with Gasteiger partial charge in [0.1, 0.15) is 0 Å². The molecule has 1 N–H and O–H groups in total. The fourth-order valence-corrected chi connectivity index (χ4v) is 1.60. The molecule has 0 bridgehead atoms. The van der Waals surface area contributed by atoms with Gasteiger partial charge in [-0.3, -0.25) is 4.79 Å². The van der Waals surface area contributed by atoms with Crippen molar-refractivity contribution in [3.8, 4) is 0 Å². The Labute approximate surface area is 83.9 Å². The van der Waals surface area contributed by atoms with Crippen LogP contribution in [0, 0.1) is 5.92 Å². The molecule has 0 aromatic heterocycles. The molecule has 1 saturated heterocycles. The van der Waals surface area contributed by atoms with E-state index in [0.29, 0.717) is 13.1 Å². The van der Waals surface area contributed by atoms with Gasteiger partial charge >= 0.3 is 0 Å². The van der Waals surface area contributed by atoms with Crippen molar-refractivity contribution in [1.29, 1.82) is 0 Å². The molecule has 0 radical (unpaired) electrons. The first kappa shape index (κ1) is 11.4. The normalized spacial score (nSPS) is 21.4. The van der Waals surface area contributed by atoms with Gasteiger partial charge in [-0.25, -0.2) is 4.39 Å². The highest BCUT2D eigenvalue weighted by atomic mass is 19.1. The number of alkyl halides is 1. The number of carbonyl (C=O) groups excluding carboxylic acids is 1. The minimum Gasteiger partial charge on any atom is -0.389 e. The van der Waals surface area contributed by atoms with Gasteiger partial charge in [0.15, 0.2) is 0 Å². The van der Waals surface area contributed by atoms with Gasteiger partial charge in [-0.15, -0.1) is 0 Å². The fourth-order valence-electron chi connectivity index (χ4n) is 1.60. The van der Waals surface area contributed by atoms with Crippen LogP contribution in [0.3, 0.4) is 0 Å². The number of aliphatic hydroxyl groups excluding tert-OH is 1. The van der Waals surface area contributed by atoms with Crippen molar-refractivity contribution in [3.63, 3.8) is 0 Å². The zero-order valence-electron chi connectivity index (χ0n) is 8.74. The lowest BCUT2D eigenvalue weighted by atomic mass is 10.0. The molecule has 4 heteroatoms. The van der Waals surface area contributed by atoms with Crippen LogP contribution in [0.4, 0.5) is 4.39 Å². The molecule has 3 nitrogen and oxygen atoms in total. The molecule has 1 amide bonds. The van der Waals surface area contributed by atoms with Gasteiger partial charge in [-0.2, -0.15) is 0 Å². The highest BCUT2D eigenvalue weighted by Gasteiger charge is 2.33. The molecule has 0 aliphatic carbocycles. The summed E-state index contributed by atoms with van der Waals surface area (Å²) in [5, 5.41) is 9.40. The van der Waals surface area contributed by atoms with Crippen LogP contribution in [0.15, 0.2) is 0 Å². The van der Waals surface area contributed by atoms with Crippen LogP contribution in [-0.4, -0.2) is 41.3 Å². The molecular formula is C10H18FNO2. The minimum atomic E-state index is -1.76. The van der Waals surface area contributed by atoms with Gasteiger partial charge in [-0.05, 0) is 18.8 Å². The summed E-state index contributed by atoms with van der Waals surface area (Å²) in [4.78, 5) is 13.0. The quantitative estimate of drug-likeness (QED) is 0.742. The molecule has 1 heterocycles. The molecule has 0 saturated carbocycles. The van der Waals surface area contributed by atoms with Crippen molar-refractivity contribution in [2.75, 3.05) is 13.1 Å². The molecule has 0 unspecified atom stereocenters. The first-order chi connectivity index (χ1) is 6.54. The Bertz CT molecular complexity index is 202. The zero-order chi connectivity index (χ0) is 10.7. The second kappa shape index (κ2) is 4.73. The number of rotatable bonds is 3. The first-order valence-corrected chi connectivity index (χ1v) is 5.15. The van der Waals surface area contributed by atoms with E-state index in [-0.39, 0.29) is 5.92 Å². The Morgan fingerprint density at radius 2 is 1.86 bits per heavy atom. The highest BCUT2D eigenvalue weighted by Crippen LogP contribution is 2.16. The summed E-state index contributed by atoms with van der Waals surface area (Å²) in [6, 6.07) is 0. The topological polar surface area (TPSA) is 40.5 Å². The second-order valence-electron chi connectivity index (χ2n) is 4.17. The SMILES string of the molecule is CC(C)[C@@H](O)[C@@H](F)C(=O)N1CCCC1. The minimum absolute atomic E-state index is 0.225. The summed E-state index contributed by atoms with van der Waals surface area (Å²) in [7, 11) is 0. The monoisotopic (exact) mass is 203 g/mol. The van der Waals surface area contributed by atoms with E-state index in [4.69, 9.17) is 0 Å². The third kappa shape index (κ3) is 2.44. The second-order valence-corrected chi connectivity index (χ2v) is 4.17. The van der Waals surface area contributed by atoms with Crippen molar-refractivity contribution in [3.05, 3.63) is 0 Å². The molecule has 1 rings (SSSR count). The van der Waals surface area contributed by atoms with E-state index in [9.17, 15) is 14.3 Å². The Kier molecular flexibility index (Phi) is 3.86. The molecule has 1 fully saturated rings. The summed E-state index contributed by atoms with van der Waals surface area (Å²) >= 11 is 0. The van der Waals surface area contributed by atoms with E-state index in [1.807, 2.05) is 0 Å². The van der Waals surface area contributed by atoms with Crippen LogP contribution >= 0.6 is 0 Å². The average Bonchev–Trinajstić information content (AvgIpc) is 2.67. The van der Waals surface area contributed by atoms with Crippen LogP contribution < -0.4 is 0 Å². The molecular weight excluding hydrogens is 185 g/mol. The maximum absolute atomic E-state index is 13.5. The molecule has 82 valence electrons. The third-order valence-electron chi connectivity index (χ3n) is 2.64. The van der Waals surface area contributed by atoms with Gasteiger partial charge in [-0.1, -0.05) is 13.8 Å². The van der Waals surface area contributed by atoms with E-state index in [1.54, 1.807) is 13.8 Å². The van der Waals surface area contributed by atoms with E-state index < -0.39 is 18.2 Å². The lowest BCUT2D eigenvalue weighted by molar-refractivity contribution is -0.140. The predicted octanol–water partition coefficient (Wildman–Crippen LogP) is 0.964. The number of amides is 1. The van der Waals surface area contributed by atoms with E-state index >= 15 is 0 Å². The Morgan fingerprint density at radius 3 is 2.29 bits per heavy atom. The number of carbonyl (C=O) groups is 1. The predicted molar refractivity (Wildman–Crippen MR) is 51.6 cm³/mol. The van der Waals surface area contributed by atoms with Crippen LogP contribution in [0.2, 0.25) is 0 Å². The zero-order valence-corrected chi connectivity index (χ0v) is 8.74. The van der Waals surface area contributed by atoms with Crippen LogP contribution in [0.1, 0.15) is 26.7 Å². The van der Waals surface area contributed by atoms with Crippen LogP contribution in [-0.2, 0) is 4.79 Å². The summed E-state index contributed by atoms with van der Waals surface area (Å²) in [6.45, 7) is 4.66. The Morgan fingerprint density at radius 1 is 1.36 bits per heavy atom. The molecule has 1 aliphatic heterocycles. The van der Waals surface area contributed by atoms with Gasteiger partial charge in [0.25, 0.3) is 5.91 Å². The molecule has 14 heavy (non-hydrogen) atoms. The number of aliphatic hydroxyl groups is 1. The van der Waals surface area contributed by atoms with Gasteiger partial charge in [0, 0.05) is 13.1 Å². The first-order valence-electron chi connectivity index (χ1n) is 5.15. The number of hydrogen-bond donors (Lipinski definition) is 1. The number of hydrogen-bond acceptors (Lipinski definition) is 2. The standard InChI is InChI=1S/C10H18FNO2/c1-7(2)9(13)8(11)10(14)12-5-3-4-6-12/h7-9,13H,3-6H2,1-2H3/t8-,9-/m1/s1. The van der Waals surface area contributed by atoms with E-state index in [0.717, 1.165) is 12.8 Å². The van der Waals surface area contributed by atoms with Crippen molar-refractivity contribution >= 4 is 5.91 Å². The maximum Gasteiger partial charge on any atom is 0.259 e. The summed E-state index contributed by atoms with van der Waals surface area (Å²) in [5.74, 6) is -0.778. The van der Waals surface area contributed by atoms with Crippen molar-refractivity contribution in [2.45, 2.75) is 39.0 Å². The molecule has 1 aliphatic rings. The number of halogens is 1. The number of nitrogens with zero attached hydrogens (tertiary/aromatic N) is 1. The van der Waals surface area contributed by atoms with Crippen molar-refractivity contribution in [2.24, 2.45) is 5.92 Å². The average molecular weight is 203 g/mol. The van der Waals surface area contributed by atoms with Crippen molar-refractivity contribution < 1.29 is 14.3 Å². The summed E-state index contributed by atoms with van der Waals surface area (Å²) in [5.41, 5.74) is 0. The maximum atomic E-state index is 13.5. The smallest absolute Gasteiger partial charge is 0.259 e. The fraction of sp³-hybridized carbons (Fsp3) is 0.900. The molecule has 0 aromatic carbocycles.